The number of nitrogens with one attached hydrogen (secondary N) is 1. The summed E-state index contributed by atoms with van der Waals surface area (Å²) in [6.07, 6.45) is 4.52. The zero-order chi connectivity index (χ0) is 17.7. The Morgan fingerprint density at radius 2 is 1.92 bits per heavy atom. The van der Waals surface area contributed by atoms with E-state index in [2.05, 4.69) is 11.9 Å². The van der Waals surface area contributed by atoms with Crippen molar-refractivity contribution in [1.82, 2.24) is 5.32 Å². The molecule has 1 amide bonds. The highest BCUT2D eigenvalue weighted by Gasteiger charge is 2.32. The molecule has 1 aliphatic rings. The number of carbonyl (C=O) groups is 2. The fourth-order valence-electron chi connectivity index (χ4n) is 2.82. The van der Waals surface area contributed by atoms with E-state index in [0.29, 0.717) is 12.8 Å². The topological polar surface area (TPSA) is 75.6 Å². The van der Waals surface area contributed by atoms with Crippen molar-refractivity contribution in [3.63, 3.8) is 0 Å². The summed E-state index contributed by atoms with van der Waals surface area (Å²) in [5.74, 6) is -1.56. The number of hydrogen-bond acceptors (Lipinski definition) is 3. The van der Waals surface area contributed by atoms with Gasteiger partial charge in [-0.2, -0.15) is 0 Å². The molecule has 0 bridgehead atoms. The second-order valence-electron chi connectivity index (χ2n) is 5.68. The van der Waals surface area contributed by atoms with Crippen molar-refractivity contribution in [2.24, 2.45) is 5.92 Å². The molecule has 7 heteroatoms. The first-order chi connectivity index (χ1) is 11.4. The minimum absolute atomic E-state index is 0.216. The molecule has 0 aliphatic heterocycles. The first-order valence-corrected chi connectivity index (χ1v) is 8.46. The Labute approximate surface area is 150 Å². The number of carboxylic acids is 1. The fraction of sp³-hybridized carbons (Fsp3) is 0.412. The van der Waals surface area contributed by atoms with E-state index in [1.807, 2.05) is 0 Å². The van der Waals surface area contributed by atoms with Crippen LogP contribution in [-0.2, 0) is 4.79 Å². The first-order valence-electron chi connectivity index (χ1n) is 7.70. The number of carbonyl (C=O) groups excluding carboxylic acids is 1. The van der Waals surface area contributed by atoms with Crippen LogP contribution in [0.4, 0.5) is 0 Å². The van der Waals surface area contributed by atoms with E-state index in [1.54, 1.807) is 6.08 Å². The lowest BCUT2D eigenvalue weighted by Gasteiger charge is -2.29. The van der Waals surface area contributed by atoms with Crippen LogP contribution in [0, 0.1) is 5.92 Å². The molecule has 2 atom stereocenters. The van der Waals surface area contributed by atoms with E-state index in [0.717, 1.165) is 12.8 Å². The zero-order valence-corrected chi connectivity index (χ0v) is 14.6. The summed E-state index contributed by atoms with van der Waals surface area (Å²) in [4.78, 5) is 23.8. The minimum Gasteiger partial charge on any atom is -0.486 e. The molecule has 0 unspecified atom stereocenters. The summed E-state index contributed by atoms with van der Waals surface area (Å²) in [5.41, 5.74) is 0.269. The average Bonchev–Trinajstić information content (AvgIpc) is 2.54. The molecule has 5 nitrogen and oxygen atoms in total. The number of carboxylic acid groups (broad SMARTS) is 1. The van der Waals surface area contributed by atoms with Gasteiger partial charge in [0, 0.05) is 11.6 Å². The Balaban J connectivity index is 2.14. The van der Waals surface area contributed by atoms with Gasteiger partial charge in [-0.1, -0.05) is 48.7 Å². The molecule has 0 saturated heterocycles. The molecule has 1 aliphatic carbocycles. The van der Waals surface area contributed by atoms with Crippen LogP contribution in [0.25, 0.3) is 0 Å². The van der Waals surface area contributed by atoms with E-state index < -0.39 is 23.8 Å². The van der Waals surface area contributed by atoms with Crippen molar-refractivity contribution in [3.8, 4) is 5.75 Å². The van der Waals surface area contributed by atoms with Crippen LogP contribution in [0.15, 0.2) is 24.8 Å². The Morgan fingerprint density at radius 3 is 2.50 bits per heavy atom. The standard InChI is InChI=1S/C17H19Cl2NO4/c1-2-7-24-15-12(18)8-10(9-13(15)19)16(21)20-14-6-4-3-5-11(14)17(22)23/h2,8-9,11,14H,1,3-7H2,(H,20,21)(H,22,23)/t11-,14+/m0/s1. The summed E-state index contributed by atoms with van der Waals surface area (Å²) in [6, 6.07) is 2.53. The number of ether oxygens (including phenoxy) is 1. The molecule has 0 aromatic heterocycles. The Kier molecular flexibility index (Phi) is 6.52. The van der Waals surface area contributed by atoms with Crippen LogP contribution in [0.2, 0.25) is 10.0 Å². The summed E-state index contributed by atoms with van der Waals surface area (Å²) >= 11 is 12.2. The van der Waals surface area contributed by atoms with Gasteiger partial charge in [-0.3, -0.25) is 9.59 Å². The van der Waals surface area contributed by atoms with Gasteiger partial charge in [0.25, 0.3) is 5.91 Å². The van der Waals surface area contributed by atoms with Crippen molar-refractivity contribution in [3.05, 3.63) is 40.4 Å². The number of hydrogen-bond donors (Lipinski definition) is 2. The van der Waals surface area contributed by atoms with Gasteiger partial charge in [-0.25, -0.2) is 0 Å². The van der Waals surface area contributed by atoms with Crippen molar-refractivity contribution in [2.75, 3.05) is 6.61 Å². The molecule has 0 spiro atoms. The molecule has 130 valence electrons. The molecular weight excluding hydrogens is 353 g/mol. The van der Waals surface area contributed by atoms with Gasteiger partial charge in [-0.15, -0.1) is 0 Å². The van der Waals surface area contributed by atoms with E-state index in [4.69, 9.17) is 27.9 Å². The third-order valence-corrected chi connectivity index (χ3v) is 4.57. The summed E-state index contributed by atoms with van der Waals surface area (Å²) in [5, 5.41) is 12.5. The maximum Gasteiger partial charge on any atom is 0.308 e. The highest BCUT2D eigenvalue weighted by Crippen LogP contribution is 2.34. The van der Waals surface area contributed by atoms with E-state index >= 15 is 0 Å². The maximum absolute atomic E-state index is 12.4. The monoisotopic (exact) mass is 371 g/mol. The van der Waals surface area contributed by atoms with Gasteiger partial charge in [0.1, 0.15) is 6.61 Å². The molecule has 2 rings (SSSR count). The van der Waals surface area contributed by atoms with Crippen molar-refractivity contribution in [2.45, 2.75) is 31.7 Å². The second kappa shape index (κ2) is 8.40. The number of aliphatic carboxylic acids is 1. The first kappa shape index (κ1) is 18.6. The third kappa shape index (κ3) is 4.42. The molecule has 1 aromatic rings. The predicted molar refractivity (Wildman–Crippen MR) is 93.0 cm³/mol. The highest BCUT2D eigenvalue weighted by atomic mass is 35.5. The van der Waals surface area contributed by atoms with Crippen molar-refractivity contribution < 1.29 is 19.4 Å². The van der Waals surface area contributed by atoms with E-state index in [1.165, 1.54) is 12.1 Å². The molecule has 2 N–H and O–H groups in total. The zero-order valence-electron chi connectivity index (χ0n) is 13.1. The van der Waals surface area contributed by atoms with Crippen molar-refractivity contribution in [1.29, 1.82) is 0 Å². The molecule has 1 fully saturated rings. The summed E-state index contributed by atoms with van der Waals surface area (Å²) in [6.45, 7) is 3.79. The summed E-state index contributed by atoms with van der Waals surface area (Å²) < 4.78 is 5.36. The highest BCUT2D eigenvalue weighted by molar-refractivity contribution is 6.37. The van der Waals surface area contributed by atoms with Crippen LogP contribution >= 0.6 is 23.2 Å². The number of benzene rings is 1. The number of amides is 1. The van der Waals surface area contributed by atoms with Crippen LogP contribution in [0.3, 0.4) is 0 Å². The summed E-state index contributed by atoms with van der Waals surface area (Å²) in [7, 11) is 0. The molecule has 0 heterocycles. The minimum atomic E-state index is -0.885. The third-order valence-electron chi connectivity index (χ3n) is 4.01. The SMILES string of the molecule is C=CCOc1c(Cl)cc(C(=O)N[C@@H]2CCCC[C@@H]2C(=O)O)cc1Cl. The maximum atomic E-state index is 12.4. The number of halogens is 2. The number of rotatable bonds is 6. The lowest BCUT2D eigenvalue weighted by Crippen LogP contribution is -2.45. The van der Waals surface area contributed by atoms with Gasteiger partial charge in [-0.05, 0) is 25.0 Å². The van der Waals surface area contributed by atoms with Gasteiger partial charge in [0.15, 0.2) is 5.75 Å². The van der Waals surface area contributed by atoms with Gasteiger partial charge in [0.05, 0.1) is 16.0 Å². The normalized spacial score (nSPS) is 20.2. The van der Waals surface area contributed by atoms with Gasteiger partial charge >= 0.3 is 5.97 Å². The smallest absolute Gasteiger partial charge is 0.308 e. The average molecular weight is 372 g/mol. The molecule has 24 heavy (non-hydrogen) atoms. The van der Waals surface area contributed by atoms with Crippen molar-refractivity contribution >= 4 is 35.1 Å². The molecule has 0 radical (unpaired) electrons. The van der Waals surface area contributed by atoms with Crippen LogP contribution in [0.5, 0.6) is 5.75 Å². The van der Waals surface area contributed by atoms with Crippen LogP contribution in [0.1, 0.15) is 36.0 Å². The van der Waals surface area contributed by atoms with E-state index in [-0.39, 0.29) is 28.0 Å². The lowest BCUT2D eigenvalue weighted by molar-refractivity contribution is -0.143. The van der Waals surface area contributed by atoms with E-state index in [9.17, 15) is 14.7 Å². The largest absolute Gasteiger partial charge is 0.486 e. The molecule has 1 saturated carbocycles. The Morgan fingerprint density at radius 1 is 1.29 bits per heavy atom. The van der Waals surface area contributed by atoms with Gasteiger partial charge in [0.2, 0.25) is 0 Å². The Hall–Kier alpha value is -1.72. The van der Waals surface area contributed by atoms with Crippen LogP contribution in [-0.4, -0.2) is 29.6 Å². The second-order valence-corrected chi connectivity index (χ2v) is 6.49. The van der Waals surface area contributed by atoms with Crippen LogP contribution < -0.4 is 10.1 Å². The quantitative estimate of drug-likeness (QED) is 0.742. The molecule has 1 aromatic carbocycles. The lowest BCUT2D eigenvalue weighted by atomic mass is 9.84. The fourth-order valence-corrected chi connectivity index (χ4v) is 3.42. The Bertz CT molecular complexity index is 624. The predicted octanol–water partition coefficient (Wildman–Crippen LogP) is 3.93. The molecular formula is C17H19Cl2NO4. The van der Waals surface area contributed by atoms with Gasteiger partial charge < -0.3 is 15.2 Å².